The molecular formula is C15H21N3O3. The Hall–Kier alpha value is -1.95. The summed E-state index contributed by atoms with van der Waals surface area (Å²) in [5, 5.41) is 17.3. The second-order valence-corrected chi connectivity index (χ2v) is 5.97. The average molecular weight is 291 g/mol. The molecule has 0 aromatic heterocycles. The van der Waals surface area contributed by atoms with Crippen LogP contribution in [0.25, 0.3) is 0 Å². The Morgan fingerprint density at radius 3 is 2.71 bits per heavy atom. The summed E-state index contributed by atoms with van der Waals surface area (Å²) in [6, 6.07) is 4.82. The molecule has 21 heavy (non-hydrogen) atoms. The lowest BCUT2D eigenvalue weighted by Crippen LogP contribution is -2.43. The summed E-state index contributed by atoms with van der Waals surface area (Å²) in [7, 11) is 0. The Morgan fingerprint density at radius 1 is 1.43 bits per heavy atom. The third-order valence-corrected chi connectivity index (χ3v) is 4.15. The molecule has 0 aliphatic carbocycles. The molecule has 1 aliphatic rings. The van der Waals surface area contributed by atoms with E-state index in [1.807, 2.05) is 0 Å². The molecule has 0 spiro atoms. The van der Waals surface area contributed by atoms with E-state index in [-0.39, 0.29) is 22.6 Å². The molecule has 0 atom stereocenters. The molecule has 1 aliphatic heterocycles. The van der Waals surface area contributed by atoms with Crippen LogP contribution in [0.15, 0.2) is 18.2 Å². The van der Waals surface area contributed by atoms with E-state index in [0.717, 1.165) is 25.9 Å². The van der Waals surface area contributed by atoms with Crippen LogP contribution in [0.5, 0.6) is 0 Å². The molecule has 1 aromatic carbocycles. The second kappa shape index (κ2) is 6.22. The number of para-hydroxylation sites is 1. The number of carbonyl (C=O) groups excluding carboxylic acids is 1. The number of nitro benzene ring substituents is 1. The monoisotopic (exact) mass is 291 g/mol. The number of amides is 1. The Morgan fingerprint density at radius 2 is 2.10 bits per heavy atom. The van der Waals surface area contributed by atoms with Gasteiger partial charge in [0.1, 0.15) is 5.56 Å². The van der Waals surface area contributed by atoms with Gasteiger partial charge in [-0.2, -0.15) is 0 Å². The van der Waals surface area contributed by atoms with Gasteiger partial charge in [0.2, 0.25) is 0 Å². The van der Waals surface area contributed by atoms with E-state index in [1.54, 1.807) is 19.1 Å². The van der Waals surface area contributed by atoms with E-state index >= 15 is 0 Å². The molecule has 1 amide bonds. The zero-order valence-corrected chi connectivity index (χ0v) is 12.4. The highest BCUT2D eigenvalue weighted by atomic mass is 16.6. The number of hydrogen-bond donors (Lipinski definition) is 2. The smallest absolute Gasteiger partial charge is 0.285 e. The highest BCUT2D eigenvalue weighted by molar-refractivity contribution is 5.98. The van der Waals surface area contributed by atoms with E-state index in [2.05, 4.69) is 17.6 Å². The van der Waals surface area contributed by atoms with Crippen molar-refractivity contribution >= 4 is 11.6 Å². The summed E-state index contributed by atoms with van der Waals surface area (Å²) in [4.78, 5) is 22.9. The van der Waals surface area contributed by atoms with Gasteiger partial charge in [-0.3, -0.25) is 14.9 Å². The standard InChI is InChI=1S/C15H21N3O3/c1-11-4-3-5-12(13(11)18(20)21)14(19)17-10-15(2)6-8-16-9-7-15/h3-5,16H,6-10H2,1-2H3,(H,17,19). The molecule has 0 saturated carbocycles. The van der Waals surface area contributed by atoms with Crippen molar-refractivity contribution in [1.29, 1.82) is 0 Å². The molecular weight excluding hydrogens is 270 g/mol. The molecule has 1 aromatic rings. The molecule has 1 saturated heterocycles. The first-order valence-corrected chi connectivity index (χ1v) is 7.16. The number of hydrogen-bond acceptors (Lipinski definition) is 4. The number of nitrogens with one attached hydrogen (secondary N) is 2. The lowest BCUT2D eigenvalue weighted by atomic mass is 9.81. The number of aryl methyl sites for hydroxylation is 1. The van der Waals surface area contributed by atoms with Crippen LogP contribution in [0.4, 0.5) is 5.69 Å². The van der Waals surface area contributed by atoms with Crippen molar-refractivity contribution in [2.24, 2.45) is 5.41 Å². The molecule has 2 N–H and O–H groups in total. The van der Waals surface area contributed by atoms with Crippen LogP contribution in [0, 0.1) is 22.5 Å². The van der Waals surface area contributed by atoms with Gasteiger partial charge < -0.3 is 10.6 Å². The number of nitrogens with zero attached hydrogens (tertiary/aromatic N) is 1. The maximum atomic E-state index is 12.3. The Kier molecular flexibility index (Phi) is 4.57. The van der Waals surface area contributed by atoms with E-state index in [9.17, 15) is 14.9 Å². The average Bonchev–Trinajstić information content (AvgIpc) is 2.45. The number of benzene rings is 1. The lowest BCUT2D eigenvalue weighted by molar-refractivity contribution is -0.385. The molecule has 6 nitrogen and oxygen atoms in total. The fraction of sp³-hybridized carbons (Fsp3) is 0.533. The van der Waals surface area contributed by atoms with Crippen LogP contribution in [-0.4, -0.2) is 30.5 Å². The van der Waals surface area contributed by atoms with Gasteiger partial charge in [0.15, 0.2) is 0 Å². The van der Waals surface area contributed by atoms with Crippen molar-refractivity contribution in [1.82, 2.24) is 10.6 Å². The molecule has 1 heterocycles. The van der Waals surface area contributed by atoms with E-state index in [0.29, 0.717) is 12.1 Å². The maximum Gasteiger partial charge on any atom is 0.285 e. The third-order valence-electron chi connectivity index (χ3n) is 4.15. The predicted molar refractivity (Wildman–Crippen MR) is 80.4 cm³/mol. The summed E-state index contributed by atoms with van der Waals surface area (Å²) in [5.41, 5.74) is 0.586. The van der Waals surface area contributed by atoms with E-state index < -0.39 is 4.92 Å². The summed E-state index contributed by atoms with van der Waals surface area (Å²) in [6.45, 7) is 6.20. The van der Waals surface area contributed by atoms with Crippen molar-refractivity contribution < 1.29 is 9.72 Å². The minimum atomic E-state index is -0.490. The van der Waals surface area contributed by atoms with Crippen molar-refractivity contribution in [3.63, 3.8) is 0 Å². The molecule has 114 valence electrons. The van der Waals surface area contributed by atoms with Gasteiger partial charge in [-0.05, 0) is 44.3 Å². The summed E-state index contributed by atoms with van der Waals surface area (Å²) in [5.74, 6) is -0.370. The number of nitro groups is 1. The first-order valence-electron chi connectivity index (χ1n) is 7.16. The van der Waals surface area contributed by atoms with Crippen LogP contribution in [0.3, 0.4) is 0 Å². The Labute approximate surface area is 124 Å². The molecule has 6 heteroatoms. The predicted octanol–water partition coefficient (Wildman–Crippen LogP) is 2.02. The number of rotatable bonds is 4. The van der Waals surface area contributed by atoms with Crippen LogP contribution >= 0.6 is 0 Å². The van der Waals surface area contributed by atoms with Crippen LogP contribution in [0.1, 0.15) is 35.7 Å². The highest BCUT2D eigenvalue weighted by Crippen LogP contribution is 2.27. The van der Waals surface area contributed by atoms with Gasteiger partial charge in [0.05, 0.1) is 4.92 Å². The van der Waals surface area contributed by atoms with Gasteiger partial charge >= 0.3 is 0 Å². The van der Waals surface area contributed by atoms with Gasteiger partial charge in [0, 0.05) is 12.1 Å². The normalized spacial score (nSPS) is 17.2. The van der Waals surface area contributed by atoms with Crippen molar-refractivity contribution in [2.45, 2.75) is 26.7 Å². The van der Waals surface area contributed by atoms with Gasteiger partial charge in [-0.1, -0.05) is 19.1 Å². The molecule has 0 radical (unpaired) electrons. The Bertz CT molecular complexity index is 551. The number of carbonyl (C=O) groups is 1. The zero-order chi connectivity index (χ0) is 15.5. The minimum Gasteiger partial charge on any atom is -0.351 e. The van der Waals surface area contributed by atoms with Crippen molar-refractivity contribution in [3.05, 3.63) is 39.4 Å². The largest absolute Gasteiger partial charge is 0.351 e. The van der Waals surface area contributed by atoms with Crippen molar-refractivity contribution in [3.8, 4) is 0 Å². The molecule has 0 unspecified atom stereocenters. The second-order valence-electron chi connectivity index (χ2n) is 5.97. The fourth-order valence-electron chi connectivity index (χ4n) is 2.68. The van der Waals surface area contributed by atoms with Gasteiger partial charge in [-0.15, -0.1) is 0 Å². The third kappa shape index (κ3) is 3.58. The molecule has 2 rings (SSSR count). The fourth-order valence-corrected chi connectivity index (χ4v) is 2.68. The maximum absolute atomic E-state index is 12.3. The van der Waals surface area contributed by atoms with E-state index in [4.69, 9.17) is 0 Å². The molecule has 0 bridgehead atoms. The summed E-state index contributed by atoms with van der Waals surface area (Å²) < 4.78 is 0. The zero-order valence-electron chi connectivity index (χ0n) is 12.4. The minimum absolute atomic E-state index is 0.0551. The van der Waals surface area contributed by atoms with Crippen LogP contribution < -0.4 is 10.6 Å². The van der Waals surface area contributed by atoms with Crippen molar-refractivity contribution in [2.75, 3.05) is 19.6 Å². The summed E-state index contributed by atoms with van der Waals surface area (Å²) in [6.07, 6.45) is 1.98. The lowest BCUT2D eigenvalue weighted by Gasteiger charge is -2.34. The van der Waals surface area contributed by atoms with Gasteiger partial charge in [-0.25, -0.2) is 0 Å². The van der Waals surface area contributed by atoms with Crippen LogP contribution in [-0.2, 0) is 0 Å². The number of piperidine rings is 1. The first-order chi connectivity index (χ1) is 9.93. The topological polar surface area (TPSA) is 84.3 Å². The Balaban J connectivity index is 2.10. The highest BCUT2D eigenvalue weighted by Gasteiger charge is 2.28. The van der Waals surface area contributed by atoms with E-state index in [1.165, 1.54) is 6.07 Å². The summed E-state index contributed by atoms with van der Waals surface area (Å²) >= 11 is 0. The van der Waals surface area contributed by atoms with Gasteiger partial charge in [0.25, 0.3) is 11.6 Å². The molecule has 1 fully saturated rings. The van der Waals surface area contributed by atoms with Crippen LogP contribution in [0.2, 0.25) is 0 Å². The first kappa shape index (κ1) is 15.4. The quantitative estimate of drug-likeness (QED) is 0.656. The SMILES string of the molecule is Cc1cccc(C(=O)NCC2(C)CCNCC2)c1[N+](=O)[O-].